The molecule has 1 rings (SSSR count). The van der Waals surface area contributed by atoms with Crippen LogP contribution in [0.15, 0.2) is 18.2 Å². The van der Waals surface area contributed by atoms with E-state index in [1.807, 2.05) is 5.32 Å². The number of hydrogen-bond acceptors (Lipinski definition) is 4. The van der Waals surface area contributed by atoms with Gasteiger partial charge in [-0.3, -0.25) is 20.2 Å². The SMILES string of the molecule is N#CNC(=O)c1ccc([N+](=O)[O-])c(Cl)c1. The third-order valence-corrected chi connectivity index (χ3v) is 1.88. The fourth-order valence-electron chi connectivity index (χ4n) is 0.919. The molecule has 15 heavy (non-hydrogen) atoms. The van der Waals surface area contributed by atoms with Gasteiger partial charge in [-0.15, -0.1) is 0 Å². The Balaban J connectivity index is 3.08. The van der Waals surface area contributed by atoms with E-state index >= 15 is 0 Å². The molecule has 6 nitrogen and oxygen atoms in total. The van der Waals surface area contributed by atoms with Gasteiger partial charge in [0.1, 0.15) is 5.02 Å². The first-order valence-electron chi connectivity index (χ1n) is 3.69. The molecule has 1 N–H and O–H groups in total. The average Bonchev–Trinajstić information content (AvgIpc) is 2.17. The van der Waals surface area contributed by atoms with Crippen molar-refractivity contribution in [2.24, 2.45) is 0 Å². The van der Waals surface area contributed by atoms with Crippen LogP contribution in [0.3, 0.4) is 0 Å². The molecule has 0 aliphatic carbocycles. The van der Waals surface area contributed by atoms with Crippen LogP contribution >= 0.6 is 11.6 Å². The molecule has 0 aliphatic rings. The van der Waals surface area contributed by atoms with E-state index in [-0.39, 0.29) is 16.3 Å². The summed E-state index contributed by atoms with van der Waals surface area (Å²) in [5.41, 5.74) is -0.197. The molecule has 0 spiro atoms. The highest BCUT2D eigenvalue weighted by molar-refractivity contribution is 6.33. The number of carbonyl (C=O) groups is 1. The van der Waals surface area contributed by atoms with Crippen molar-refractivity contribution in [1.29, 1.82) is 5.26 Å². The molecule has 1 aromatic rings. The third kappa shape index (κ3) is 2.42. The van der Waals surface area contributed by atoms with Crippen molar-refractivity contribution in [2.75, 3.05) is 0 Å². The van der Waals surface area contributed by atoms with Crippen LogP contribution in [-0.2, 0) is 0 Å². The maximum atomic E-state index is 11.1. The summed E-state index contributed by atoms with van der Waals surface area (Å²) in [5, 5.41) is 20.3. The molecule has 0 saturated heterocycles. The molecule has 0 atom stereocenters. The number of halogens is 1. The van der Waals surface area contributed by atoms with Crippen LogP contribution in [0.5, 0.6) is 0 Å². The highest BCUT2D eigenvalue weighted by Gasteiger charge is 2.14. The second-order valence-electron chi connectivity index (χ2n) is 2.49. The van der Waals surface area contributed by atoms with Crippen molar-refractivity contribution in [3.8, 4) is 6.19 Å². The van der Waals surface area contributed by atoms with E-state index in [1.165, 1.54) is 12.3 Å². The van der Waals surface area contributed by atoms with E-state index in [4.69, 9.17) is 16.9 Å². The number of nitrogens with one attached hydrogen (secondary N) is 1. The Morgan fingerprint density at radius 3 is 2.73 bits per heavy atom. The average molecular weight is 226 g/mol. The quantitative estimate of drug-likeness (QED) is 0.357. The summed E-state index contributed by atoms with van der Waals surface area (Å²) in [6, 6.07) is 3.46. The normalized spacial score (nSPS) is 9.07. The summed E-state index contributed by atoms with van der Waals surface area (Å²) < 4.78 is 0. The largest absolute Gasteiger partial charge is 0.287 e. The maximum absolute atomic E-state index is 11.1. The van der Waals surface area contributed by atoms with Gasteiger partial charge in [-0.25, -0.2) is 0 Å². The Morgan fingerprint density at radius 2 is 2.27 bits per heavy atom. The summed E-state index contributed by atoms with van der Waals surface area (Å²) in [6.45, 7) is 0. The molecule has 76 valence electrons. The van der Waals surface area contributed by atoms with Crippen LogP contribution in [-0.4, -0.2) is 10.8 Å². The summed E-state index contributed by atoms with van der Waals surface area (Å²) in [6.07, 6.45) is 1.45. The van der Waals surface area contributed by atoms with Gasteiger partial charge >= 0.3 is 0 Å². The van der Waals surface area contributed by atoms with Gasteiger partial charge in [0.15, 0.2) is 6.19 Å². The van der Waals surface area contributed by atoms with E-state index in [9.17, 15) is 14.9 Å². The lowest BCUT2D eigenvalue weighted by molar-refractivity contribution is -0.384. The van der Waals surface area contributed by atoms with Crippen LogP contribution in [0, 0.1) is 21.6 Å². The molecule has 0 saturated carbocycles. The van der Waals surface area contributed by atoms with Gasteiger partial charge in [-0.05, 0) is 12.1 Å². The van der Waals surface area contributed by atoms with E-state index in [0.29, 0.717) is 0 Å². The number of amides is 1. The lowest BCUT2D eigenvalue weighted by Crippen LogP contribution is -2.17. The van der Waals surface area contributed by atoms with Crippen molar-refractivity contribution >= 4 is 23.2 Å². The number of nitrogens with zero attached hydrogens (tertiary/aromatic N) is 2. The lowest BCUT2D eigenvalue weighted by atomic mass is 10.2. The Kier molecular flexibility index (Phi) is 3.21. The molecule has 1 amide bonds. The number of hydrogen-bond donors (Lipinski definition) is 1. The molecule has 0 radical (unpaired) electrons. The van der Waals surface area contributed by atoms with Gasteiger partial charge < -0.3 is 0 Å². The Bertz CT molecular complexity index is 467. The number of benzene rings is 1. The third-order valence-electron chi connectivity index (χ3n) is 1.58. The van der Waals surface area contributed by atoms with Crippen LogP contribution in [0.1, 0.15) is 10.4 Å². The van der Waals surface area contributed by atoms with Crippen LogP contribution < -0.4 is 5.32 Å². The minimum Gasteiger partial charge on any atom is -0.268 e. The molecule has 0 aliphatic heterocycles. The Labute approximate surface area is 89.2 Å². The molecule has 1 aromatic carbocycles. The second-order valence-corrected chi connectivity index (χ2v) is 2.90. The van der Waals surface area contributed by atoms with Crippen molar-refractivity contribution in [2.45, 2.75) is 0 Å². The lowest BCUT2D eigenvalue weighted by Gasteiger charge is -1.99. The standard InChI is InChI=1S/C8H4ClN3O3/c9-6-3-5(8(13)11-4-10)1-2-7(6)12(14)15/h1-3H,(H,11,13). The van der Waals surface area contributed by atoms with Gasteiger partial charge in [-0.2, -0.15) is 5.26 Å². The zero-order valence-corrected chi connectivity index (χ0v) is 7.99. The van der Waals surface area contributed by atoms with Gasteiger partial charge in [0.05, 0.1) is 4.92 Å². The zero-order valence-electron chi connectivity index (χ0n) is 7.23. The van der Waals surface area contributed by atoms with Gasteiger partial charge in [-0.1, -0.05) is 11.6 Å². The monoisotopic (exact) mass is 225 g/mol. The smallest absolute Gasteiger partial charge is 0.268 e. The first kappa shape index (κ1) is 10.9. The fraction of sp³-hybridized carbons (Fsp3) is 0. The first-order chi connectivity index (χ1) is 7.06. The predicted molar refractivity (Wildman–Crippen MR) is 51.2 cm³/mol. The number of nitro benzene ring substituents is 1. The van der Waals surface area contributed by atoms with E-state index < -0.39 is 10.8 Å². The summed E-state index contributed by atoms with van der Waals surface area (Å²) >= 11 is 5.56. The van der Waals surface area contributed by atoms with Crippen molar-refractivity contribution < 1.29 is 9.72 Å². The van der Waals surface area contributed by atoms with E-state index in [1.54, 1.807) is 0 Å². The van der Waals surface area contributed by atoms with Gasteiger partial charge in [0.25, 0.3) is 11.6 Å². The number of nitro groups is 1. The fourth-order valence-corrected chi connectivity index (χ4v) is 1.17. The minimum absolute atomic E-state index is 0.0900. The summed E-state index contributed by atoms with van der Waals surface area (Å²) in [4.78, 5) is 20.9. The number of carbonyl (C=O) groups excluding carboxylic acids is 1. The number of nitriles is 1. The van der Waals surface area contributed by atoms with Crippen LogP contribution in [0.25, 0.3) is 0 Å². The topological polar surface area (TPSA) is 96.0 Å². The Hall–Kier alpha value is -2.13. The molecule has 0 aromatic heterocycles. The molecule has 0 bridgehead atoms. The highest BCUT2D eigenvalue weighted by atomic mass is 35.5. The van der Waals surface area contributed by atoms with Crippen LogP contribution in [0.2, 0.25) is 5.02 Å². The predicted octanol–water partition coefficient (Wildman–Crippen LogP) is 1.46. The maximum Gasteiger partial charge on any atom is 0.287 e. The van der Waals surface area contributed by atoms with Gasteiger partial charge in [0.2, 0.25) is 0 Å². The van der Waals surface area contributed by atoms with Crippen molar-refractivity contribution in [1.82, 2.24) is 5.32 Å². The first-order valence-corrected chi connectivity index (χ1v) is 4.07. The molecule has 0 fully saturated rings. The Morgan fingerprint density at radius 1 is 1.60 bits per heavy atom. The molecule has 0 heterocycles. The van der Waals surface area contributed by atoms with Crippen molar-refractivity contribution in [3.05, 3.63) is 38.9 Å². The molecule has 7 heteroatoms. The van der Waals surface area contributed by atoms with E-state index in [0.717, 1.165) is 12.1 Å². The summed E-state index contributed by atoms with van der Waals surface area (Å²) in [7, 11) is 0. The zero-order chi connectivity index (χ0) is 11.4. The molecule has 0 unspecified atom stereocenters. The second kappa shape index (κ2) is 4.39. The number of rotatable bonds is 2. The molecular formula is C8H4ClN3O3. The highest BCUT2D eigenvalue weighted by Crippen LogP contribution is 2.24. The van der Waals surface area contributed by atoms with E-state index in [2.05, 4.69) is 0 Å². The van der Waals surface area contributed by atoms with Gasteiger partial charge in [0, 0.05) is 11.6 Å². The summed E-state index contributed by atoms with van der Waals surface area (Å²) in [5.74, 6) is -0.658. The molecular weight excluding hydrogens is 222 g/mol. The minimum atomic E-state index is -0.658. The van der Waals surface area contributed by atoms with Crippen molar-refractivity contribution in [3.63, 3.8) is 0 Å². The van der Waals surface area contributed by atoms with Crippen LogP contribution in [0.4, 0.5) is 5.69 Å².